The quantitative estimate of drug-likeness (QED) is 0.843. The van der Waals surface area contributed by atoms with Crippen LogP contribution in [0.25, 0.3) is 0 Å². The lowest BCUT2D eigenvalue weighted by Gasteiger charge is -2.18. The van der Waals surface area contributed by atoms with Crippen LogP contribution in [0, 0.1) is 0 Å². The van der Waals surface area contributed by atoms with E-state index in [4.69, 9.17) is 21.1 Å². The van der Waals surface area contributed by atoms with Crippen LogP contribution in [0.2, 0.25) is 5.02 Å². The Hall–Kier alpha value is -2.02. The normalized spacial score (nSPS) is 10.8. The van der Waals surface area contributed by atoms with Gasteiger partial charge in [-0.3, -0.25) is 0 Å². The number of ether oxygens (including phenoxy) is 2. The van der Waals surface area contributed by atoms with Gasteiger partial charge in [-0.15, -0.1) is 0 Å². The summed E-state index contributed by atoms with van der Waals surface area (Å²) in [6, 6.07) is 3.58. The van der Waals surface area contributed by atoms with Crippen molar-refractivity contribution in [2.24, 2.45) is 0 Å². The minimum absolute atomic E-state index is 0.0230. The molecule has 7 nitrogen and oxygen atoms in total. The highest BCUT2D eigenvalue weighted by molar-refractivity contribution is 6.30. The SMILES string of the molecule is CCn1nnnc1NCc1cc(Cl)cc(OC)c1OC(C)C. The molecule has 0 saturated heterocycles. The summed E-state index contributed by atoms with van der Waals surface area (Å²) in [5.74, 6) is 1.87. The Bertz CT molecular complexity index is 630. The third kappa shape index (κ3) is 3.79. The molecule has 0 aliphatic heterocycles. The molecule has 0 aliphatic rings. The standard InChI is InChI=1S/C14H20ClN5O2/c1-5-20-14(17-18-19-20)16-8-10-6-11(15)7-12(21-4)13(10)22-9(2)3/h6-7,9H,5,8H2,1-4H3,(H,16,17,19). The maximum atomic E-state index is 6.15. The molecular weight excluding hydrogens is 306 g/mol. The van der Waals surface area contributed by atoms with E-state index in [-0.39, 0.29) is 6.10 Å². The fraction of sp³-hybridized carbons (Fsp3) is 0.500. The highest BCUT2D eigenvalue weighted by atomic mass is 35.5. The Balaban J connectivity index is 2.26. The minimum atomic E-state index is 0.0230. The monoisotopic (exact) mass is 325 g/mol. The number of aromatic nitrogens is 4. The van der Waals surface area contributed by atoms with Crippen LogP contribution in [0.15, 0.2) is 12.1 Å². The zero-order chi connectivity index (χ0) is 16.1. The summed E-state index contributed by atoms with van der Waals surface area (Å²) >= 11 is 6.15. The van der Waals surface area contributed by atoms with Gasteiger partial charge in [-0.2, -0.15) is 0 Å². The number of anilines is 1. The van der Waals surface area contributed by atoms with Crippen molar-refractivity contribution in [3.05, 3.63) is 22.7 Å². The van der Waals surface area contributed by atoms with Gasteiger partial charge >= 0.3 is 0 Å². The van der Waals surface area contributed by atoms with E-state index in [1.165, 1.54) is 0 Å². The second kappa shape index (κ2) is 7.31. The molecule has 0 unspecified atom stereocenters. The molecule has 1 aromatic carbocycles. The molecule has 120 valence electrons. The van der Waals surface area contributed by atoms with Gasteiger partial charge in [0.1, 0.15) is 0 Å². The van der Waals surface area contributed by atoms with E-state index in [2.05, 4.69) is 20.8 Å². The van der Waals surface area contributed by atoms with Gasteiger partial charge in [0.15, 0.2) is 11.5 Å². The van der Waals surface area contributed by atoms with Crippen LogP contribution in [0.4, 0.5) is 5.95 Å². The first-order valence-corrected chi connectivity index (χ1v) is 7.46. The van der Waals surface area contributed by atoms with E-state index in [1.54, 1.807) is 17.9 Å². The first kappa shape index (κ1) is 16.4. The molecule has 0 fully saturated rings. The number of nitrogens with one attached hydrogen (secondary N) is 1. The van der Waals surface area contributed by atoms with Gasteiger partial charge in [0.25, 0.3) is 0 Å². The van der Waals surface area contributed by atoms with Crippen molar-refractivity contribution in [2.45, 2.75) is 40.0 Å². The van der Waals surface area contributed by atoms with Crippen LogP contribution in [0.5, 0.6) is 11.5 Å². The summed E-state index contributed by atoms with van der Waals surface area (Å²) in [6.45, 7) is 7.05. The molecule has 1 N–H and O–H groups in total. The largest absolute Gasteiger partial charge is 0.493 e. The number of nitrogens with zero attached hydrogens (tertiary/aromatic N) is 4. The molecule has 0 bridgehead atoms. The molecule has 1 aromatic heterocycles. The topological polar surface area (TPSA) is 74.1 Å². The highest BCUT2D eigenvalue weighted by Crippen LogP contribution is 2.35. The lowest BCUT2D eigenvalue weighted by atomic mass is 10.1. The first-order chi connectivity index (χ1) is 10.5. The van der Waals surface area contributed by atoms with Crippen molar-refractivity contribution in [1.29, 1.82) is 0 Å². The first-order valence-electron chi connectivity index (χ1n) is 7.08. The number of hydrogen-bond acceptors (Lipinski definition) is 6. The van der Waals surface area contributed by atoms with Gasteiger partial charge in [0, 0.05) is 29.7 Å². The maximum absolute atomic E-state index is 6.15. The molecule has 0 amide bonds. The molecule has 0 saturated carbocycles. The second-order valence-corrected chi connectivity index (χ2v) is 5.37. The van der Waals surface area contributed by atoms with Gasteiger partial charge in [0.05, 0.1) is 13.2 Å². The minimum Gasteiger partial charge on any atom is -0.493 e. The number of hydrogen-bond donors (Lipinski definition) is 1. The fourth-order valence-corrected chi connectivity index (χ4v) is 2.22. The summed E-state index contributed by atoms with van der Waals surface area (Å²) in [5.41, 5.74) is 0.878. The van der Waals surface area contributed by atoms with Crippen molar-refractivity contribution in [3.63, 3.8) is 0 Å². The van der Waals surface area contributed by atoms with Crippen molar-refractivity contribution in [3.8, 4) is 11.5 Å². The third-order valence-corrected chi connectivity index (χ3v) is 3.16. The Morgan fingerprint density at radius 1 is 1.36 bits per heavy atom. The Labute approximate surface area is 134 Å². The summed E-state index contributed by atoms with van der Waals surface area (Å²) in [5, 5.41) is 15.2. The van der Waals surface area contributed by atoms with Crippen molar-refractivity contribution >= 4 is 17.5 Å². The molecule has 0 aliphatic carbocycles. The van der Waals surface area contributed by atoms with Crippen LogP contribution in [0.3, 0.4) is 0 Å². The van der Waals surface area contributed by atoms with Gasteiger partial charge < -0.3 is 14.8 Å². The lowest BCUT2D eigenvalue weighted by Crippen LogP contribution is -2.12. The summed E-state index contributed by atoms with van der Waals surface area (Å²) in [6.07, 6.45) is 0.0230. The van der Waals surface area contributed by atoms with Crippen molar-refractivity contribution < 1.29 is 9.47 Å². The average molecular weight is 326 g/mol. The maximum Gasteiger partial charge on any atom is 0.243 e. The van der Waals surface area contributed by atoms with Crippen molar-refractivity contribution in [2.75, 3.05) is 12.4 Å². The van der Waals surface area contributed by atoms with Crippen LogP contribution in [-0.2, 0) is 13.1 Å². The van der Waals surface area contributed by atoms with E-state index < -0.39 is 0 Å². The van der Waals surface area contributed by atoms with Gasteiger partial charge in [0.2, 0.25) is 5.95 Å². The smallest absolute Gasteiger partial charge is 0.243 e. The molecule has 2 aromatic rings. The summed E-state index contributed by atoms with van der Waals surface area (Å²) in [7, 11) is 1.59. The molecule has 0 spiro atoms. The molecule has 1 heterocycles. The van der Waals surface area contributed by atoms with E-state index in [0.717, 1.165) is 5.56 Å². The van der Waals surface area contributed by atoms with Crippen LogP contribution >= 0.6 is 11.6 Å². The molecule has 22 heavy (non-hydrogen) atoms. The average Bonchev–Trinajstić information content (AvgIpc) is 2.94. The number of methoxy groups -OCH3 is 1. The predicted octanol–water partition coefficient (Wildman–Crippen LogP) is 2.75. The summed E-state index contributed by atoms with van der Waals surface area (Å²) in [4.78, 5) is 0. The van der Waals surface area contributed by atoms with E-state index >= 15 is 0 Å². The Morgan fingerprint density at radius 2 is 2.14 bits per heavy atom. The van der Waals surface area contributed by atoms with Crippen LogP contribution in [0.1, 0.15) is 26.3 Å². The zero-order valence-electron chi connectivity index (χ0n) is 13.1. The van der Waals surface area contributed by atoms with E-state index in [9.17, 15) is 0 Å². The number of aryl methyl sites for hydroxylation is 1. The molecular formula is C14H20ClN5O2. The van der Waals surface area contributed by atoms with E-state index in [1.807, 2.05) is 26.8 Å². The third-order valence-electron chi connectivity index (χ3n) is 2.94. The second-order valence-electron chi connectivity index (χ2n) is 4.93. The van der Waals surface area contributed by atoms with Crippen LogP contribution in [-0.4, -0.2) is 33.4 Å². The molecule has 0 radical (unpaired) electrons. The predicted molar refractivity (Wildman–Crippen MR) is 84.6 cm³/mol. The van der Waals surface area contributed by atoms with Crippen LogP contribution < -0.4 is 14.8 Å². The van der Waals surface area contributed by atoms with Gasteiger partial charge in [-0.1, -0.05) is 16.7 Å². The fourth-order valence-electron chi connectivity index (χ4n) is 1.99. The zero-order valence-corrected chi connectivity index (χ0v) is 13.9. The Morgan fingerprint density at radius 3 is 2.77 bits per heavy atom. The molecule has 0 atom stereocenters. The van der Waals surface area contributed by atoms with Gasteiger partial charge in [-0.05, 0) is 37.3 Å². The van der Waals surface area contributed by atoms with Gasteiger partial charge in [-0.25, -0.2) is 4.68 Å². The van der Waals surface area contributed by atoms with Crippen molar-refractivity contribution in [1.82, 2.24) is 20.2 Å². The number of tetrazole rings is 1. The lowest BCUT2D eigenvalue weighted by molar-refractivity contribution is 0.228. The Kier molecular flexibility index (Phi) is 5.43. The number of halogens is 1. The summed E-state index contributed by atoms with van der Waals surface area (Å²) < 4.78 is 12.9. The molecule has 8 heteroatoms. The highest BCUT2D eigenvalue weighted by Gasteiger charge is 2.15. The number of rotatable bonds is 7. The molecule has 2 rings (SSSR count). The number of benzene rings is 1. The van der Waals surface area contributed by atoms with E-state index in [0.29, 0.717) is 35.6 Å².